The van der Waals surface area contributed by atoms with Gasteiger partial charge in [0.15, 0.2) is 9.84 Å². The Kier molecular flexibility index (Phi) is 2.32. The zero-order valence-electron chi connectivity index (χ0n) is 8.08. The van der Waals surface area contributed by atoms with Gasteiger partial charge in [-0.3, -0.25) is 0 Å². The third-order valence-electron chi connectivity index (χ3n) is 1.97. The summed E-state index contributed by atoms with van der Waals surface area (Å²) in [4.78, 5) is 4.10. The molecule has 0 spiro atoms. The Morgan fingerprint density at radius 1 is 1.40 bits per heavy atom. The molecule has 0 aliphatic carbocycles. The second-order valence-electron chi connectivity index (χ2n) is 3.15. The zero-order chi connectivity index (χ0) is 10.9. The normalized spacial score (nSPS) is 11.5. The van der Waals surface area contributed by atoms with Crippen molar-refractivity contribution in [3.05, 3.63) is 43.0 Å². The first-order chi connectivity index (χ1) is 7.07. The molecule has 5 heteroatoms. The summed E-state index contributed by atoms with van der Waals surface area (Å²) in [5, 5.41) is 0. The number of nitrogens with zero attached hydrogens (tertiary/aromatic N) is 2. The maximum Gasteiger partial charge on any atom is 0.176 e. The van der Waals surface area contributed by atoms with Gasteiger partial charge in [0.1, 0.15) is 0 Å². The maximum atomic E-state index is 11.2. The van der Waals surface area contributed by atoms with Crippen LogP contribution in [0.1, 0.15) is 0 Å². The van der Waals surface area contributed by atoms with Crippen LogP contribution in [-0.2, 0) is 9.84 Å². The Balaban J connectivity index is 2.42. The SMILES string of the molecule is CS(=O)(=O)c1[c]cc(-n2ccnc2)cc1. The fraction of sp³-hybridized carbons (Fsp3) is 0.100. The van der Waals surface area contributed by atoms with Crippen LogP contribution < -0.4 is 0 Å². The maximum absolute atomic E-state index is 11.2. The summed E-state index contributed by atoms with van der Waals surface area (Å²) in [5.74, 6) is 0. The molecule has 1 radical (unpaired) electrons. The van der Waals surface area contributed by atoms with Gasteiger partial charge in [-0.05, 0) is 18.2 Å². The molecule has 2 rings (SSSR count). The monoisotopic (exact) mass is 221 g/mol. The van der Waals surface area contributed by atoms with Gasteiger partial charge in [-0.25, -0.2) is 13.4 Å². The van der Waals surface area contributed by atoms with Crippen LogP contribution in [0.4, 0.5) is 0 Å². The first kappa shape index (κ1) is 9.92. The Bertz CT molecular complexity index is 542. The molecule has 0 saturated heterocycles. The minimum Gasteiger partial charge on any atom is -0.306 e. The lowest BCUT2D eigenvalue weighted by Gasteiger charge is -2.02. The highest BCUT2D eigenvalue weighted by atomic mass is 32.2. The third-order valence-corrected chi connectivity index (χ3v) is 3.02. The molecule has 0 N–H and O–H groups in total. The number of sulfone groups is 1. The fourth-order valence-corrected chi connectivity index (χ4v) is 1.79. The van der Waals surface area contributed by atoms with Crippen LogP contribution in [0.2, 0.25) is 0 Å². The van der Waals surface area contributed by atoms with Crippen LogP contribution in [0.3, 0.4) is 0 Å². The lowest BCUT2D eigenvalue weighted by atomic mass is 10.3. The molecule has 15 heavy (non-hydrogen) atoms. The van der Waals surface area contributed by atoms with Crippen LogP contribution >= 0.6 is 0 Å². The van der Waals surface area contributed by atoms with E-state index in [1.165, 1.54) is 6.07 Å². The highest BCUT2D eigenvalue weighted by Gasteiger charge is 2.06. The van der Waals surface area contributed by atoms with Crippen LogP contribution in [0.5, 0.6) is 0 Å². The molecule has 0 bridgehead atoms. The number of hydrogen-bond donors (Lipinski definition) is 0. The van der Waals surface area contributed by atoms with Crippen molar-refractivity contribution in [2.45, 2.75) is 4.90 Å². The summed E-state index contributed by atoms with van der Waals surface area (Å²) < 4.78 is 24.1. The standard InChI is InChI=1S/C10H9N2O2S/c1-15(13,14)10-4-2-9(3-5-10)12-7-6-11-8-12/h2-4,6-8H,1H3. The van der Waals surface area contributed by atoms with E-state index < -0.39 is 9.84 Å². The largest absolute Gasteiger partial charge is 0.306 e. The third kappa shape index (κ3) is 2.07. The zero-order valence-corrected chi connectivity index (χ0v) is 8.90. The predicted molar refractivity (Wildman–Crippen MR) is 55.5 cm³/mol. The molecule has 1 heterocycles. The van der Waals surface area contributed by atoms with Gasteiger partial charge in [0.2, 0.25) is 0 Å². The molecule has 0 atom stereocenters. The molecule has 0 saturated carbocycles. The van der Waals surface area contributed by atoms with Gasteiger partial charge in [-0.15, -0.1) is 0 Å². The number of imidazole rings is 1. The Hall–Kier alpha value is -1.62. The van der Waals surface area contributed by atoms with Crippen LogP contribution in [0, 0.1) is 6.07 Å². The Morgan fingerprint density at radius 3 is 2.67 bits per heavy atom. The van der Waals surface area contributed by atoms with E-state index in [4.69, 9.17) is 0 Å². The minimum atomic E-state index is -3.17. The van der Waals surface area contributed by atoms with Crippen LogP contribution in [-0.4, -0.2) is 24.2 Å². The van der Waals surface area contributed by atoms with E-state index in [1.807, 2.05) is 0 Å². The summed E-state index contributed by atoms with van der Waals surface area (Å²) in [6.45, 7) is 0. The number of aromatic nitrogens is 2. The lowest BCUT2D eigenvalue weighted by molar-refractivity contribution is 0.601. The molecule has 4 nitrogen and oxygen atoms in total. The van der Waals surface area contributed by atoms with E-state index in [2.05, 4.69) is 11.1 Å². The van der Waals surface area contributed by atoms with E-state index in [0.717, 1.165) is 11.9 Å². The summed E-state index contributed by atoms with van der Waals surface area (Å²) in [7, 11) is -3.17. The predicted octanol–water partition coefficient (Wildman–Crippen LogP) is 1.08. The van der Waals surface area contributed by atoms with Gasteiger partial charge in [-0.2, -0.15) is 0 Å². The van der Waals surface area contributed by atoms with Crippen molar-refractivity contribution in [3.8, 4) is 5.69 Å². The Morgan fingerprint density at radius 2 is 2.20 bits per heavy atom. The molecule has 0 fully saturated rings. The number of hydrogen-bond acceptors (Lipinski definition) is 3. The van der Waals surface area contributed by atoms with Crippen LogP contribution in [0.15, 0.2) is 41.8 Å². The second-order valence-corrected chi connectivity index (χ2v) is 5.14. The van der Waals surface area contributed by atoms with Gasteiger partial charge in [-0.1, -0.05) is 0 Å². The molecule has 2 aromatic rings. The van der Waals surface area contributed by atoms with Gasteiger partial charge >= 0.3 is 0 Å². The summed E-state index contributed by atoms with van der Waals surface area (Å²) in [5.41, 5.74) is 0.833. The fourth-order valence-electron chi connectivity index (χ4n) is 1.21. The van der Waals surface area contributed by atoms with E-state index in [-0.39, 0.29) is 4.90 Å². The molecule has 1 aromatic heterocycles. The second kappa shape index (κ2) is 3.51. The highest BCUT2D eigenvalue weighted by Crippen LogP contribution is 2.12. The molecule has 0 aliphatic rings. The van der Waals surface area contributed by atoms with Crippen molar-refractivity contribution >= 4 is 9.84 Å². The lowest BCUT2D eigenvalue weighted by Crippen LogP contribution is -1.98. The van der Waals surface area contributed by atoms with Crippen molar-refractivity contribution in [1.29, 1.82) is 0 Å². The quantitative estimate of drug-likeness (QED) is 0.762. The molecule has 77 valence electrons. The number of rotatable bonds is 2. The minimum absolute atomic E-state index is 0.200. The van der Waals surface area contributed by atoms with Crippen molar-refractivity contribution in [2.24, 2.45) is 0 Å². The van der Waals surface area contributed by atoms with E-state index in [9.17, 15) is 8.42 Å². The van der Waals surface area contributed by atoms with Gasteiger partial charge in [0, 0.05) is 30.4 Å². The smallest absolute Gasteiger partial charge is 0.176 e. The first-order valence-corrected chi connectivity index (χ1v) is 6.16. The first-order valence-electron chi connectivity index (χ1n) is 4.27. The van der Waals surface area contributed by atoms with Gasteiger partial charge in [0.05, 0.1) is 11.2 Å². The van der Waals surface area contributed by atoms with Crippen molar-refractivity contribution in [1.82, 2.24) is 9.55 Å². The molecule has 0 amide bonds. The topological polar surface area (TPSA) is 52.0 Å². The van der Waals surface area contributed by atoms with Crippen molar-refractivity contribution < 1.29 is 8.42 Å². The molecule has 0 aliphatic heterocycles. The average Bonchev–Trinajstić information content (AvgIpc) is 2.69. The summed E-state index contributed by atoms with van der Waals surface area (Å²) >= 11 is 0. The average molecular weight is 221 g/mol. The Labute approximate surface area is 88.1 Å². The molecular weight excluding hydrogens is 212 g/mol. The van der Waals surface area contributed by atoms with E-state index >= 15 is 0 Å². The summed E-state index contributed by atoms with van der Waals surface area (Å²) in [6.07, 6.45) is 6.24. The van der Waals surface area contributed by atoms with E-state index in [0.29, 0.717) is 0 Å². The highest BCUT2D eigenvalue weighted by molar-refractivity contribution is 7.90. The van der Waals surface area contributed by atoms with Gasteiger partial charge < -0.3 is 4.57 Å². The van der Waals surface area contributed by atoms with Crippen molar-refractivity contribution in [3.63, 3.8) is 0 Å². The van der Waals surface area contributed by atoms with E-state index in [1.54, 1.807) is 35.4 Å². The van der Waals surface area contributed by atoms with Crippen LogP contribution in [0.25, 0.3) is 5.69 Å². The van der Waals surface area contributed by atoms with Gasteiger partial charge in [0.25, 0.3) is 0 Å². The van der Waals surface area contributed by atoms with Crippen molar-refractivity contribution in [2.75, 3.05) is 6.26 Å². The molecule has 1 aromatic carbocycles. The molecular formula is C10H9N2O2S. The molecule has 0 unspecified atom stereocenters. The number of benzene rings is 1. The summed E-state index contributed by atoms with van der Waals surface area (Å²) in [6, 6.07) is 7.60.